The molecule has 0 bridgehead atoms. The monoisotopic (exact) mass is 396 g/mol. The number of rotatable bonds is 7. The van der Waals surface area contributed by atoms with Gasteiger partial charge in [-0.15, -0.1) is 0 Å². The van der Waals surface area contributed by atoms with Crippen LogP contribution in [0.2, 0.25) is 0 Å². The second kappa shape index (κ2) is 9.73. The number of nitrogens with two attached hydrogens (primary N) is 1. The van der Waals surface area contributed by atoms with E-state index in [1.807, 2.05) is 30.3 Å². The van der Waals surface area contributed by atoms with Gasteiger partial charge in [0.2, 0.25) is 5.91 Å². The van der Waals surface area contributed by atoms with Crippen molar-refractivity contribution in [3.05, 3.63) is 65.7 Å². The van der Waals surface area contributed by atoms with E-state index >= 15 is 0 Å². The third-order valence-corrected chi connectivity index (χ3v) is 4.85. The smallest absolute Gasteiger partial charge is 0.339 e. The van der Waals surface area contributed by atoms with Gasteiger partial charge in [0, 0.05) is 12.1 Å². The first-order chi connectivity index (χ1) is 14.1. The lowest BCUT2D eigenvalue weighted by Crippen LogP contribution is -2.51. The van der Waals surface area contributed by atoms with E-state index in [2.05, 4.69) is 0 Å². The molecule has 2 N–H and O–H groups in total. The molecule has 0 unspecified atom stereocenters. The number of nitrogens with zero attached hydrogens (tertiary/aromatic N) is 1. The van der Waals surface area contributed by atoms with Crippen molar-refractivity contribution in [1.29, 1.82) is 0 Å². The van der Waals surface area contributed by atoms with Gasteiger partial charge in [0.25, 0.3) is 5.91 Å². The molecule has 1 aliphatic heterocycles. The maximum atomic E-state index is 12.5. The van der Waals surface area contributed by atoms with Crippen LogP contribution in [0.25, 0.3) is 0 Å². The van der Waals surface area contributed by atoms with E-state index in [0.29, 0.717) is 29.8 Å². The van der Waals surface area contributed by atoms with Crippen LogP contribution < -0.4 is 10.5 Å². The second-order valence-electron chi connectivity index (χ2n) is 6.84. The van der Waals surface area contributed by atoms with E-state index in [-0.39, 0.29) is 6.61 Å². The highest BCUT2D eigenvalue weighted by Crippen LogP contribution is 2.18. The average molecular weight is 396 g/mol. The topological polar surface area (TPSA) is 98.9 Å². The molecule has 1 saturated heterocycles. The van der Waals surface area contributed by atoms with E-state index in [9.17, 15) is 14.4 Å². The molecule has 1 aliphatic rings. The summed E-state index contributed by atoms with van der Waals surface area (Å²) in [7, 11) is 0. The third-order valence-electron chi connectivity index (χ3n) is 4.85. The zero-order valence-electron chi connectivity index (χ0n) is 16.1. The normalized spacial score (nSPS) is 16.1. The van der Waals surface area contributed by atoms with E-state index in [1.54, 1.807) is 24.3 Å². The molecule has 7 heteroatoms. The Bertz CT molecular complexity index is 869. The van der Waals surface area contributed by atoms with Crippen LogP contribution in [0, 0.1) is 0 Å². The van der Waals surface area contributed by atoms with Crippen molar-refractivity contribution in [2.45, 2.75) is 31.9 Å². The molecular weight excluding hydrogens is 372 g/mol. The van der Waals surface area contributed by atoms with Crippen LogP contribution in [0.3, 0.4) is 0 Å². The summed E-state index contributed by atoms with van der Waals surface area (Å²) >= 11 is 0. The summed E-state index contributed by atoms with van der Waals surface area (Å²) in [5, 5.41) is 0. The van der Waals surface area contributed by atoms with Crippen molar-refractivity contribution in [2.24, 2.45) is 5.73 Å². The summed E-state index contributed by atoms with van der Waals surface area (Å²) in [6.07, 6.45) is 2.17. The molecule has 3 rings (SSSR count). The molecule has 1 atom stereocenters. The first kappa shape index (κ1) is 20.4. The van der Waals surface area contributed by atoms with Gasteiger partial charge >= 0.3 is 5.97 Å². The van der Waals surface area contributed by atoms with E-state index in [4.69, 9.17) is 15.2 Å². The molecule has 0 saturated carbocycles. The summed E-state index contributed by atoms with van der Waals surface area (Å²) in [5.41, 5.74) is 6.38. The highest BCUT2D eigenvalue weighted by Gasteiger charge is 2.31. The minimum Gasteiger partial charge on any atom is -0.489 e. The number of primary amides is 1. The fourth-order valence-electron chi connectivity index (χ4n) is 3.34. The van der Waals surface area contributed by atoms with Gasteiger partial charge in [-0.3, -0.25) is 9.59 Å². The Labute approximate surface area is 169 Å². The predicted molar refractivity (Wildman–Crippen MR) is 106 cm³/mol. The predicted octanol–water partition coefficient (Wildman–Crippen LogP) is 2.29. The molecule has 152 valence electrons. The zero-order chi connectivity index (χ0) is 20.6. The van der Waals surface area contributed by atoms with Crippen LogP contribution in [-0.2, 0) is 20.9 Å². The van der Waals surface area contributed by atoms with Crippen LogP contribution in [0.4, 0.5) is 0 Å². The number of carbonyl (C=O) groups is 3. The number of piperidine rings is 1. The van der Waals surface area contributed by atoms with Crippen molar-refractivity contribution in [3.8, 4) is 5.75 Å². The summed E-state index contributed by atoms with van der Waals surface area (Å²) in [6.45, 7) is 0.196. The highest BCUT2D eigenvalue weighted by molar-refractivity contribution is 5.93. The van der Waals surface area contributed by atoms with E-state index in [1.165, 1.54) is 4.90 Å². The number of carbonyl (C=O) groups excluding carboxylic acids is 3. The molecule has 0 aliphatic carbocycles. The Kier molecular flexibility index (Phi) is 6.84. The molecule has 29 heavy (non-hydrogen) atoms. The first-order valence-corrected chi connectivity index (χ1v) is 9.58. The van der Waals surface area contributed by atoms with Crippen molar-refractivity contribution >= 4 is 17.8 Å². The van der Waals surface area contributed by atoms with Crippen molar-refractivity contribution < 1.29 is 23.9 Å². The summed E-state index contributed by atoms with van der Waals surface area (Å²) < 4.78 is 10.9. The molecule has 2 amide bonds. The number of para-hydroxylation sites is 1. The second-order valence-corrected chi connectivity index (χ2v) is 6.84. The lowest BCUT2D eigenvalue weighted by atomic mass is 10.0. The maximum absolute atomic E-state index is 12.5. The molecule has 2 aromatic carbocycles. The van der Waals surface area contributed by atoms with Gasteiger partial charge in [-0.2, -0.15) is 0 Å². The van der Waals surface area contributed by atoms with Crippen molar-refractivity contribution in [2.75, 3.05) is 13.2 Å². The molecular formula is C22H24N2O5. The Hall–Kier alpha value is -3.35. The SMILES string of the molecule is NC(=O)[C@@H]1CCCCN1C(=O)COC(=O)c1ccccc1COc1ccccc1. The number of hydrogen-bond acceptors (Lipinski definition) is 5. The molecule has 0 aromatic heterocycles. The third kappa shape index (κ3) is 5.34. The van der Waals surface area contributed by atoms with Crippen LogP contribution >= 0.6 is 0 Å². The van der Waals surface area contributed by atoms with Gasteiger partial charge < -0.3 is 20.1 Å². The average Bonchev–Trinajstić information content (AvgIpc) is 2.76. The molecule has 7 nitrogen and oxygen atoms in total. The molecule has 1 heterocycles. The van der Waals surface area contributed by atoms with Crippen LogP contribution in [0.5, 0.6) is 5.75 Å². The standard InChI is InChI=1S/C22H24N2O5/c23-21(26)19-12-6-7-13-24(19)20(25)15-29-22(27)18-11-5-4-8-16(18)14-28-17-9-2-1-3-10-17/h1-5,8-11,19H,6-7,12-15H2,(H2,23,26)/t19-/m0/s1. The van der Waals surface area contributed by atoms with Gasteiger partial charge in [-0.25, -0.2) is 4.79 Å². The van der Waals surface area contributed by atoms with Gasteiger partial charge in [0.1, 0.15) is 18.4 Å². The van der Waals surface area contributed by atoms with Gasteiger partial charge in [0.15, 0.2) is 6.61 Å². The van der Waals surface area contributed by atoms with Crippen molar-refractivity contribution in [3.63, 3.8) is 0 Å². The Morgan fingerprint density at radius 3 is 2.48 bits per heavy atom. The number of esters is 1. The molecule has 2 aromatic rings. The number of ether oxygens (including phenoxy) is 2. The van der Waals surface area contributed by atoms with Gasteiger partial charge in [0.05, 0.1) is 5.56 Å². The minimum atomic E-state index is -0.637. The quantitative estimate of drug-likeness (QED) is 0.724. The van der Waals surface area contributed by atoms with Gasteiger partial charge in [-0.1, -0.05) is 36.4 Å². The summed E-state index contributed by atoms with van der Waals surface area (Å²) in [5.74, 6) is -0.876. The fourth-order valence-corrected chi connectivity index (χ4v) is 3.34. The molecule has 1 fully saturated rings. The highest BCUT2D eigenvalue weighted by atomic mass is 16.5. The van der Waals surface area contributed by atoms with E-state index < -0.39 is 30.4 Å². The summed E-state index contributed by atoms with van der Waals surface area (Å²) in [6, 6.07) is 15.6. The Morgan fingerprint density at radius 1 is 1.00 bits per heavy atom. The Morgan fingerprint density at radius 2 is 1.72 bits per heavy atom. The lowest BCUT2D eigenvalue weighted by molar-refractivity contribution is -0.143. The minimum absolute atomic E-state index is 0.194. The van der Waals surface area contributed by atoms with Crippen molar-refractivity contribution in [1.82, 2.24) is 4.90 Å². The largest absolute Gasteiger partial charge is 0.489 e. The number of hydrogen-bond donors (Lipinski definition) is 1. The maximum Gasteiger partial charge on any atom is 0.339 e. The number of likely N-dealkylation sites (tertiary alicyclic amines) is 1. The lowest BCUT2D eigenvalue weighted by Gasteiger charge is -2.33. The first-order valence-electron chi connectivity index (χ1n) is 9.58. The van der Waals surface area contributed by atoms with Crippen LogP contribution in [0.1, 0.15) is 35.2 Å². The zero-order valence-corrected chi connectivity index (χ0v) is 16.1. The number of amides is 2. The molecule has 0 spiro atoms. The molecule has 0 radical (unpaired) electrons. The van der Waals surface area contributed by atoms with Crippen LogP contribution in [0.15, 0.2) is 54.6 Å². The van der Waals surface area contributed by atoms with E-state index in [0.717, 1.165) is 12.8 Å². The summed E-state index contributed by atoms with van der Waals surface area (Å²) in [4.78, 5) is 38.0. The van der Waals surface area contributed by atoms with Gasteiger partial charge in [-0.05, 0) is 37.5 Å². The number of benzene rings is 2. The fraction of sp³-hybridized carbons (Fsp3) is 0.318. The Balaban J connectivity index is 1.60. The van der Waals surface area contributed by atoms with Crippen LogP contribution in [-0.4, -0.2) is 41.9 Å².